The molecular formula is C19H23NO2. The second kappa shape index (κ2) is 8.23. The first-order valence-corrected chi connectivity index (χ1v) is 7.70. The molecule has 3 nitrogen and oxygen atoms in total. The molecule has 2 aromatic carbocycles. The van der Waals surface area contributed by atoms with Crippen molar-refractivity contribution in [3.05, 3.63) is 60.2 Å². The van der Waals surface area contributed by atoms with Crippen molar-refractivity contribution >= 4 is 11.5 Å². The van der Waals surface area contributed by atoms with Crippen molar-refractivity contribution in [3.8, 4) is 5.75 Å². The fourth-order valence-corrected chi connectivity index (χ4v) is 2.54. The van der Waals surface area contributed by atoms with E-state index in [1.54, 1.807) is 7.11 Å². The summed E-state index contributed by atoms with van der Waals surface area (Å²) in [6, 6.07) is 17.7. The van der Waals surface area contributed by atoms with Crippen LogP contribution in [0.4, 0.5) is 5.69 Å². The van der Waals surface area contributed by atoms with Gasteiger partial charge in [-0.05, 0) is 24.6 Å². The summed E-state index contributed by atoms with van der Waals surface area (Å²) in [5, 5.41) is 3.46. The SMILES string of the molecule is CCCC(=O)CC(Nc1ccccc1)c1ccccc1OC. The van der Waals surface area contributed by atoms with E-state index in [0.717, 1.165) is 23.4 Å². The van der Waals surface area contributed by atoms with E-state index in [0.29, 0.717) is 12.8 Å². The Labute approximate surface area is 132 Å². The van der Waals surface area contributed by atoms with Crippen LogP contribution in [0.1, 0.15) is 37.8 Å². The van der Waals surface area contributed by atoms with E-state index >= 15 is 0 Å². The highest BCUT2D eigenvalue weighted by molar-refractivity contribution is 5.79. The number of ether oxygens (including phenoxy) is 1. The average molecular weight is 297 g/mol. The third-order valence-electron chi connectivity index (χ3n) is 3.59. The number of hydrogen-bond acceptors (Lipinski definition) is 3. The summed E-state index contributed by atoms with van der Waals surface area (Å²) in [5.74, 6) is 1.07. The Kier molecular flexibility index (Phi) is 6.01. The van der Waals surface area contributed by atoms with Gasteiger partial charge in [0.1, 0.15) is 11.5 Å². The van der Waals surface area contributed by atoms with Crippen LogP contribution in [0.5, 0.6) is 5.75 Å². The maximum Gasteiger partial charge on any atom is 0.135 e. The van der Waals surface area contributed by atoms with Crippen molar-refractivity contribution in [2.75, 3.05) is 12.4 Å². The molecule has 22 heavy (non-hydrogen) atoms. The number of para-hydroxylation sites is 2. The minimum atomic E-state index is -0.0856. The van der Waals surface area contributed by atoms with Gasteiger partial charge in [0, 0.05) is 24.1 Å². The number of carbonyl (C=O) groups excluding carboxylic acids is 1. The van der Waals surface area contributed by atoms with Crippen LogP contribution in [0, 0.1) is 0 Å². The number of methoxy groups -OCH3 is 1. The number of rotatable bonds is 8. The molecule has 1 unspecified atom stereocenters. The third kappa shape index (κ3) is 4.35. The molecule has 0 fully saturated rings. The van der Waals surface area contributed by atoms with Gasteiger partial charge in [0.05, 0.1) is 13.2 Å². The Hall–Kier alpha value is -2.29. The molecule has 2 aromatic rings. The summed E-state index contributed by atoms with van der Waals surface area (Å²) < 4.78 is 5.45. The van der Waals surface area contributed by atoms with Crippen LogP contribution in [0.25, 0.3) is 0 Å². The van der Waals surface area contributed by atoms with Gasteiger partial charge in [-0.15, -0.1) is 0 Å². The predicted octanol–water partition coefficient (Wildman–Crippen LogP) is 4.61. The molecule has 1 atom stereocenters. The maximum absolute atomic E-state index is 12.1. The monoisotopic (exact) mass is 297 g/mol. The lowest BCUT2D eigenvalue weighted by Gasteiger charge is -2.22. The maximum atomic E-state index is 12.1. The highest BCUT2D eigenvalue weighted by Gasteiger charge is 2.19. The van der Waals surface area contributed by atoms with Crippen LogP contribution in [-0.4, -0.2) is 12.9 Å². The molecule has 0 amide bonds. The van der Waals surface area contributed by atoms with Gasteiger partial charge in [-0.1, -0.05) is 43.3 Å². The number of nitrogens with one attached hydrogen (secondary N) is 1. The summed E-state index contributed by atoms with van der Waals surface area (Å²) in [6.45, 7) is 2.03. The molecule has 0 aliphatic carbocycles. The zero-order valence-electron chi connectivity index (χ0n) is 13.2. The highest BCUT2D eigenvalue weighted by Crippen LogP contribution is 2.30. The van der Waals surface area contributed by atoms with Crippen molar-refractivity contribution < 1.29 is 9.53 Å². The lowest BCUT2D eigenvalue weighted by molar-refractivity contribution is -0.119. The van der Waals surface area contributed by atoms with Crippen LogP contribution >= 0.6 is 0 Å². The van der Waals surface area contributed by atoms with Gasteiger partial charge in [-0.3, -0.25) is 4.79 Å². The highest BCUT2D eigenvalue weighted by atomic mass is 16.5. The summed E-state index contributed by atoms with van der Waals surface area (Å²) in [5.41, 5.74) is 2.01. The van der Waals surface area contributed by atoms with Crippen LogP contribution in [0.2, 0.25) is 0 Å². The molecule has 1 N–H and O–H groups in total. The third-order valence-corrected chi connectivity index (χ3v) is 3.59. The Morgan fingerprint density at radius 1 is 1.09 bits per heavy atom. The van der Waals surface area contributed by atoms with Gasteiger partial charge in [0.25, 0.3) is 0 Å². The quantitative estimate of drug-likeness (QED) is 0.773. The van der Waals surface area contributed by atoms with Crippen molar-refractivity contribution in [1.82, 2.24) is 0 Å². The Bertz CT molecular complexity index is 595. The van der Waals surface area contributed by atoms with Gasteiger partial charge >= 0.3 is 0 Å². The van der Waals surface area contributed by atoms with E-state index in [9.17, 15) is 4.79 Å². The van der Waals surface area contributed by atoms with Crippen molar-refractivity contribution in [2.24, 2.45) is 0 Å². The lowest BCUT2D eigenvalue weighted by atomic mass is 9.98. The molecule has 116 valence electrons. The fourth-order valence-electron chi connectivity index (χ4n) is 2.54. The zero-order chi connectivity index (χ0) is 15.8. The standard InChI is InChI=1S/C19H23NO2/c1-3-9-16(21)14-18(20-15-10-5-4-6-11-15)17-12-7-8-13-19(17)22-2/h4-8,10-13,18,20H,3,9,14H2,1-2H3. The largest absolute Gasteiger partial charge is 0.496 e. The summed E-state index contributed by atoms with van der Waals surface area (Å²) in [4.78, 5) is 12.1. The van der Waals surface area contributed by atoms with Gasteiger partial charge in [0.2, 0.25) is 0 Å². The number of benzene rings is 2. The fraction of sp³-hybridized carbons (Fsp3) is 0.316. The average Bonchev–Trinajstić information content (AvgIpc) is 2.55. The first-order chi connectivity index (χ1) is 10.7. The first kappa shape index (κ1) is 16.1. The molecule has 0 aliphatic rings. The topological polar surface area (TPSA) is 38.3 Å². The number of anilines is 1. The number of carbonyl (C=O) groups is 1. The predicted molar refractivity (Wildman–Crippen MR) is 90.3 cm³/mol. The second-order valence-corrected chi connectivity index (χ2v) is 5.30. The molecular weight excluding hydrogens is 274 g/mol. The number of Topliss-reactive ketones (excluding diaryl/α,β-unsaturated/α-hetero) is 1. The molecule has 0 heterocycles. The molecule has 0 aromatic heterocycles. The smallest absolute Gasteiger partial charge is 0.135 e. The van der Waals surface area contributed by atoms with Crippen LogP contribution in [-0.2, 0) is 4.79 Å². The second-order valence-electron chi connectivity index (χ2n) is 5.30. The molecule has 0 bridgehead atoms. The van der Waals surface area contributed by atoms with Crippen molar-refractivity contribution in [3.63, 3.8) is 0 Å². The Morgan fingerprint density at radius 3 is 2.45 bits per heavy atom. The molecule has 0 spiro atoms. The van der Waals surface area contributed by atoms with Crippen LogP contribution in [0.15, 0.2) is 54.6 Å². The number of ketones is 1. The molecule has 0 radical (unpaired) electrons. The molecule has 0 aliphatic heterocycles. The van der Waals surface area contributed by atoms with E-state index in [1.807, 2.05) is 61.5 Å². The van der Waals surface area contributed by atoms with E-state index in [-0.39, 0.29) is 11.8 Å². The van der Waals surface area contributed by atoms with Crippen LogP contribution in [0.3, 0.4) is 0 Å². The first-order valence-electron chi connectivity index (χ1n) is 7.70. The lowest BCUT2D eigenvalue weighted by Crippen LogP contribution is -2.16. The van der Waals surface area contributed by atoms with E-state index in [2.05, 4.69) is 5.32 Å². The summed E-state index contributed by atoms with van der Waals surface area (Å²) in [7, 11) is 1.66. The Morgan fingerprint density at radius 2 is 1.77 bits per heavy atom. The molecule has 2 rings (SSSR count). The number of hydrogen-bond donors (Lipinski definition) is 1. The van der Waals surface area contributed by atoms with E-state index < -0.39 is 0 Å². The minimum Gasteiger partial charge on any atom is -0.496 e. The van der Waals surface area contributed by atoms with Gasteiger partial charge in [-0.2, -0.15) is 0 Å². The Balaban J connectivity index is 2.26. The summed E-state index contributed by atoms with van der Waals surface area (Å²) in [6.07, 6.45) is 1.95. The van der Waals surface area contributed by atoms with Crippen molar-refractivity contribution in [2.45, 2.75) is 32.2 Å². The minimum absolute atomic E-state index is 0.0856. The van der Waals surface area contributed by atoms with E-state index in [1.165, 1.54) is 0 Å². The summed E-state index contributed by atoms with van der Waals surface area (Å²) >= 11 is 0. The molecule has 3 heteroatoms. The van der Waals surface area contributed by atoms with Gasteiger partial charge in [-0.25, -0.2) is 0 Å². The van der Waals surface area contributed by atoms with Crippen LogP contribution < -0.4 is 10.1 Å². The van der Waals surface area contributed by atoms with Gasteiger partial charge in [0.15, 0.2) is 0 Å². The van der Waals surface area contributed by atoms with Gasteiger partial charge < -0.3 is 10.1 Å². The molecule has 0 saturated carbocycles. The zero-order valence-corrected chi connectivity index (χ0v) is 13.2. The molecule has 0 saturated heterocycles. The van der Waals surface area contributed by atoms with Crippen molar-refractivity contribution in [1.29, 1.82) is 0 Å². The normalized spacial score (nSPS) is 11.7. The van der Waals surface area contributed by atoms with E-state index in [4.69, 9.17) is 4.74 Å².